The lowest BCUT2D eigenvalue weighted by molar-refractivity contribution is -0.140. The number of hydrogen-bond donors (Lipinski definition) is 2. The molecule has 0 aromatic rings. The molecule has 0 atom stereocenters. The average Bonchev–Trinajstić information content (AvgIpc) is 2.84. The first-order chi connectivity index (χ1) is 17.1. The van der Waals surface area contributed by atoms with E-state index in [1.165, 1.54) is 0 Å². The number of aliphatic carboxylic acids is 1. The van der Waals surface area contributed by atoms with Gasteiger partial charge in [0.25, 0.3) is 0 Å². The van der Waals surface area contributed by atoms with Crippen LogP contribution in [-0.2, 0) is 9.59 Å². The fourth-order valence-electron chi connectivity index (χ4n) is 4.27. The molecule has 0 aromatic heterocycles. The lowest BCUT2D eigenvalue weighted by Crippen LogP contribution is -2.40. The minimum atomic E-state index is -0.765. The standard InChI is InChI=1S/C31H47NO3/c1-2-3-4-5-6-7-8-9-10-11-12-13-14-15-16-17-18-19-21-24-29(33)32-28-31(27-30(34)35)25-22-20-23-26-31/h3-4,6-7,9-10,12-13,15-16,18-19H,2,5,8,11,14,17,20-28H2,1H3,(H,32,33)(H,34,35). The van der Waals surface area contributed by atoms with E-state index in [1.54, 1.807) is 0 Å². The number of carbonyl (C=O) groups excluding carboxylic acids is 1. The molecule has 1 saturated carbocycles. The van der Waals surface area contributed by atoms with Crippen molar-refractivity contribution in [2.75, 3.05) is 6.54 Å². The van der Waals surface area contributed by atoms with Gasteiger partial charge >= 0.3 is 5.97 Å². The van der Waals surface area contributed by atoms with Crippen LogP contribution in [0, 0.1) is 5.41 Å². The van der Waals surface area contributed by atoms with Crippen LogP contribution in [0.5, 0.6) is 0 Å². The maximum Gasteiger partial charge on any atom is 0.303 e. The third-order valence-corrected chi connectivity index (χ3v) is 6.24. The molecular weight excluding hydrogens is 434 g/mol. The second-order valence-corrected chi connectivity index (χ2v) is 9.36. The molecule has 0 aromatic carbocycles. The van der Waals surface area contributed by atoms with Crippen LogP contribution >= 0.6 is 0 Å². The topological polar surface area (TPSA) is 66.4 Å². The van der Waals surface area contributed by atoms with Gasteiger partial charge in [-0.05, 0) is 63.2 Å². The Labute approximate surface area is 213 Å². The molecule has 4 nitrogen and oxygen atoms in total. The number of carbonyl (C=O) groups is 2. The Hall–Kier alpha value is -2.62. The summed E-state index contributed by atoms with van der Waals surface area (Å²) in [6.07, 6.45) is 38.3. The third kappa shape index (κ3) is 17.5. The molecule has 35 heavy (non-hydrogen) atoms. The number of nitrogens with one attached hydrogen (secondary N) is 1. The van der Waals surface area contributed by atoms with Gasteiger partial charge in [0.05, 0.1) is 6.42 Å². The van der Waals surface area contributed by atoms with Crippen LogP contribution in [0.3, 0.4) is 0 Å². The highest BCUT2D eigenvalue weighted by Gasteiger charge is 2.34. The van der Waals surface area contributed by atoms with Gasteiger partial charge in [0.2, 0.25) is 5.91 Å². The van der Waals surface area contributed by atoms with Crippen molar-refractivity contribution in [3.05, 3.63) is 72.9 Å². The molecule has 2 N–H and O–H groups in total. The van der Waals surface area contributed by atoms with Gasteiger partial charge in [0.15, 0.2) is 0 Å². The number of hydrogen-bond acceptors (Lipinski definition) is 2. The number of carboxylic acid groups (broad SMARTS) is 1. The van der Waals surface area contributed by atoms with Crippen molar-refractivity contribution in [1.82, 2.24) is 5.32 Å². The van der Waals surface area contributed by atoms with E-state index in [9.17, 15) is 14.7 Å². The number of rotatable bonds is 18. The second kappa shape index (κ2) is 20.7. The predicted molar refractivity (Wildman–Crippen MR) is 148 cm³/mol. The number of carboxylic acids is 1. The van der Waals surface area contributed by atoms with Gasteiger partial charge in [-0.2, -0.15) is 0 Å². The minimum Gasteiger partial charge on any atom is -0.481 e. The van der Waals surface area contributed by atoms with Gasteiger partial charge < -0.3 is 10.4 Å². The molecule has 1 aliphatic rings. The van der Waals surface area contributed by atoms with Crippen molar-refractivity contribution in [3.8, 4) is 0 Å². The van der Waals surface area contributed by atoms with Crippen molar-refractivity contribution in [2.24, 2.45) is 5.41 Å². The van der Waals surface area contributed by atoms with Crippen molar-refractivity contribution in [2.45, 2.75) is 96.8 Å². The molecule has 194 valence electrons. The Balaban J connectivity index is 2.07. The summed E-state index contributed by atoms with van der Waals surface area (Å²) in [4.78, 5) is 23.4. The maximum absolute atomic E-state index is 12.2. The summed E-state index contributed by atoms with van der Waals surface area (Å²) in [6, 6.07) is 0. The van der Waals surface area contributed by atoms with Crippen LogP contribution in [0.4, 0.5) is 0 Å². The van der Waals surface area contributed by atoms with E-state index < -0.39 is 5.97 Å². The molecule has 0 aliphatic heterocycles. The van der Waals surface area contributed by atoms with Crippen LogP contribution in [0.25, 0.3) is 0 Å². The van der Waals surface area contributed by atoms with Crippen LogP contribution in [-0.4, -0.2) is 23.5 Å². The molecule has 1 fully saturated rings. The fourth-order valence-corrected chi connectivity index (χ4v) is 4.27. The zero-order valence-corrected chi connectivity index (χ0v) is 21.8. The highest BCUT2D eigenvalue weighted by Crippen LogP contribution is 2.38. The monoisotopic (exact) mass is 481 g/mol. The highest BCUT2D eigenvalue weighted by atomic mass is 16.4. The Kier molecular flexibility index (Phi) is 18.0. The largest absolute Gasteiger partial charge is 0.481 e. The summed E-state index contributed by atoms with van der Waals surface area (Å²) in [6.45, 7) is 2.64. The highest BCUT2D eigenvalue weighted by molar-refractivity contribution is 5.76. The molecule has 0 saturated heterocycles. The zero-order chi connectivity index (χ0) is 25.5. The number of amides is 1. The van der Waals surface area contributed by atoms with Gasteiger partial charge in [-0.15, -0.1) is 0 Å². The zero-order valence-electron chi connectivity index (χ0n) is 21.8. The smallest absolute Gasteiger partial charge is 0.303 e. The van der Waals surface area contributed by atoms with Crippen molar-refractivity contribution < 1.29 is 14.7 Å². The Morgan fingerprint density at radius 3 is 1.63 bits per heavy atom. The Morgan fingerprint density at radius 2 is 1.17 bits per heavy atom. The molecule has 0 spiro atoms. The van der Waals surface area contributed by atoms with Crippen LogP contribution in [0.15, 0.2) is 72.9 Å². The van der Waals surface area contributed by atoms with Gasteiger partial charge in [-0.3, -0.25) is 9.59 Å². The summed E-state index contributed by atoms with van der Waals surface area (Å²) in [5.74, 6) is -0.751. The lowest BCUT2D eigenvalue weighted by Gasteiger charge is -2.36. The molecule has 0 bridgehead atoms. The van der Waals surface area contributed by atoms with Gasteiger partial charge in [0, 0.05) is 13.0 Å². The van der Waals surface area contributed by atoms with E-state index in [0.29, 0.717) is 19.4 Å². The lowest BCUT2D eigenvalue weighted by atomic mass is 9.71. The van der Waals surface area contributed by atoms with E-state index in [4.69, 9.17) is 0 Å². The predicted octanol–water partition coefficient (Wildman–Crippen LogP) is 8.01. The van der Waals surface area contributed by atoms with Gasteiger partial charge in [0.1, 0.15) is 0 Å². The van der Waals surface area contributed by atoms with Crippen molar-refractivity contribution in [1.29, 1.82) is 0 Å². The normalized spacial score (nSPS) is 16.6. The van der Waals surface area contributed by atoms with E-state index >= 15 is 0 Å². The molecule has 1 amide bonds. The summed E-state index contributed by atoms with van der Waals surface area (Å²) in [5.41, 5.74) is -0.256. The summed E-state index contributed by atoms with van der Waals surface area (Å²) in [5, 5.41) is 12.2. The molecular formula is C31H47NO3. The molecule has 0 radical (unpaired) electrons. The summed E-state index contributed by atoms with van der Waals surface area (Å²) < 4.78 is 0. The minimum absolute atomic E-state index is 0.0138. The van der Waals surface area contributed by atoms with Crippen LogP contribution < -0.4 is 5.32 Å². The SMILES string of the molecule is CCC=CCC=CCC=CCC=CCC=CCC=CCCC(=O)NCC1(CC(=O)O)CCCCC1. The Bertz CT molecular complexity index is 749. The molecule has 1 aliphatic carbocycles. The van der Waals surface area contributed by atoms with Crippen molar-refractivity contribution in [3.63, 3.8) is 0 Å². The van der Waals surface area contributed by atoms with Crippen LogP contribution in [0.2, 0.25) is 0 Å². The first kappa shape index (κ1) is 30.4. The molecule has 4 heteroatoms. The molecule has 0 heterocycles. The first-order valence-corrected chi connectivity index (χ1v) is 13.5. The third-order valence-electron chi connectivity index (χ3n) is 6.24. The summed E-state index contributed by atoms with van der Waals surface area (Å²) in [7, 11) is 0. The molecule has 0 unspecified atom stereocenters. The quantitative estimate of drug-likeness (QED) is 0.195. The van der Waals surface area contributed by atoms with E-state index in [0.717, 1.165) is 70.6 Å². The maximum atomic E-state index is 12.2. The van der Waals surface area contributed by atoms with Gasteiger partial charge in [-0.1, -0.05) is 99.1 Å². The van der Waals surface area contributed by atoms with Crippen LogP contribution in [0.1, 0.15) is 96.8 Å². The fraction of sp³-hybridized carbons (Fsp3) is 0.548. The first-order valence-electron chi connectivity index (χ1n) is 13.5. The van der Waals surface area contributed by atoms with E-state index in [2.05, 4.69) is 79.1 Å². The molecule has 1 rings (SSSR count). The average molecular weight is 482 g/mol. The van der Waals surface area contributed by atoms with E-state index in [1.807, 2.05) is 6.08 Å². The second-order valence-electron chi connectivity index (χ2n) is 9.36. The van der Waals surface area contributed by atoms with E-state index in [-0.39, 0.29) is 17.7 Å². The number of allylic oxidation sites excluding steroid dienone is 12. The summed E-state index contributed by atoms with van der Waals surface area (Å²) >= 11 is 0. The Morgan fingerprint density at radius 1 is 0.714 bits per heavy atom. The van der Waals surface area contributed by atoms with Gasteiger partial charge in [-0.25, -0.2) is 0 Å². The van der Waals surface area contributed by atoms with Crippen molar-refractivity contribution >= 4 is 11.9 Å².